The first-order valence-electron chi connectivity index (χ1n) is 9.13. The van der Waals surface area contributed by atoms with Crippen LogP contribution in [-0.4, -0.2) is 60.4 Å². The summed E-state index contributed by atoms with van der Waals surface area (Å²) in [5.74, 6) is 0.823. The predicted molar refractivity (Wildman–Crippen MR) is 102 cm³/mol. The maximum Gasteiger partial charge on any atom is 0.410 e. The quantitative estimate of drug-likeness (QED) is 0.847. The molecule has 3 rings (SSSR count). The largest absolute Gasteiger partial charge is 0.497 e. The van der Waals surface area contributed by atoms with Gasteiger partial charge < -0.3 is 19.5 Å². The van der Waals surface area contributed by atoms with Crippen LogP contribution in [0.1, 0.15) is 11.1 Å². The Morgan fingerprint density at radius 1 is 1.07 bits per heavy atom. The topological polar surface area (TPSA) is 62.2 Å². The summed E-state index contributed by atoms with van der Waals surface area (Å²) in [6.45, 7) is 2.72. The summed E-state index contributed by atoms with van der Waals surface area (Å²) in [5.41, 5.74) is 2.11. The van der Waals surface area contributed by atoms with Gasteiger partial charge in [-0.15, -0.1) is 0 Å². The van der Waals surface area contributed by atoms with Gasteiger partial charge in [0.05, 0.1) is 19.8 Å². The number of amides is 1. The Kier molecular flexibility index (Phi) is 6.68. The van der Waals surface area contributed by atoms with Crippen LogP contribution in [0.25, 0.3) is 0 Å². The van der Waals surface area contributed by atoms with Crippen molar-refractivity contribution in [2.75, 3.05) is 33.4 Å². The summed E-state index contributed by atoms with van der Waals surface area (Å²) in [6, 6.07) is 17.4. The van der Waals surface area contributed by atoms with Crippen LogP contribution in [0.4, 0.5) is 4.79 Å². The highest BCUT2D eigenvalue weighted by Crippen LogP contribution is 2.17. The monoisotopic (exact) mass is 370 g/mol. The molecule has 0 unspecified atom stereocenters. The van der Waals surface area contributed by atoms with E-state index in [2.05, 4.69) is 4.90 Å². The lowest BCUT2D eigenvalue weighted by atomic mass is 10.1. The number of aliphatic hydroxyl groups is 1. The van der Waals surface area contributed by atoms with E-state index in [0.29, 0.717) is 19.6 Å². The van der Waals surface area contributed by atoms with E-state index in [0.717, 1.165) is 23.4 Å². The highest BCUT2D eigenvalue weighted by molar-refractivity contribution is 5.67. The molecule has 1 saturated heterocycles. The minimum absolute atomic E-state index is 0.00137. The number of carbonyl (C=O) groups excluding carboxylic acids is 1. The van der Waals surface area contributed by atoms with E-state index in [1.807, 2.05) is 54.6 Å². The molecule has 0 spiro atoms. The zero-order valence-electron chi connectivity index (χ0n) is 15.6. The van der Waals surface area contributed by atoms with E-state index in [1.54, 1.807) is 12.0 Å². The molecule has 2 aromatic carbocycles. The van der Waals surface area contributed by atoms with Crippen molar-refractivity contribution in [2.24, 2.45) is 0 Å². The van der Waals surface area contributed by atoms with Crippen LogP contribution in [0, 0.1) is 0 Å². The molecule has 1 heterocycles. The summed E-state index contributed by atoms with van der Waals surface area (Å²) in [4.78, 5) is 16.2. The third-order valence-corrected chi connectivity index (χ3v) is 4.82. The Balaban J connectivity index is 1.52. The molecule has 0 radical (unpaired) electrons. The summed E-state index contributed by atoms with van der Waals surface area (Å²) in [5, 5.41) is 9.79. The van der Waals surface area contributed by atoms with Gasteiger partial charge in [0.2, 0.25) is 0 Å². The van der Waals surface area contributed by atoms with Gasteiger partial charge in [-0.2, -0.15) is 0 Å². The normalized spacial score (nSPS) is 17.6. The predicted octanol–water partition coefficient (Wildman–Crippen LogP) is 2.51. The van der Waals surface area contributed by atoms with Crippen molar-refractivity contribution < 1.29 is 19.4 Å². The second kappa shape index (κ2) is 9.39. The molecule has 1 aliphatic heterocycles. The van der Waals surface area contributed by atoms with Crippen LogP contribution in [-0.2, 0) is 17.9 Å². The smallest absolute Gasteiger partial charge is 0.410 e. The number of carbonyl (C=O) groups is 1. The zero-order valence-corrected chi connectivity index (χ0v) is 15.6. The van der Waals surface area contributed by atoms with Crippen molar-refractivity contribution in [3.05, 3.63) is 65.7 Å². The molecule has 0 bridgehead atoms. The summed E-state index contributed by atoms with van der Waals surface area (Å²) < 4.78 is 10.6. The van der Waals surface area contributed by atoms with Crippen molar-refractivity contribution in [1.82, 2.24) is 9.80 Å². The molecule has 1 N–H and O–H groups in total. The van der Waals surface area contributed by atoms with Crippen molar-refractivity contribution in [2.45, 2.75) is 19.2 Å². The number of hydrogen-bond acceptors (Lipinski definition) is 5. The Labute approximate surface area is 159 Å². The van der Waals surface area contributed by atoms with E-state index >= 15 is 0 Å². The first kappa shape index (κ1) is 19.2. The van der Waals surface area contributed by atoms with Crippen molar-refractivity contribution in [3.63, 3.8) is 0 Å². The fourth-order valence-corrected chi connectivity index (χ4v) is 3.22. The van der Waals surface area contributed by atoms with Gasteiger partial charge in [0, 0.05) is 26.2 Å². The highest BCUT2D eigenvalue weighted by atomic mass is 16.6. The van der Waals surface area contributed by atoms with E-state index in [-0.39, 0.29) is 25.3 Å². The Hall–Kier alpha value is -2.57. The SMILES string of the molecule is COc1ccc(CN2CCN(C(=O)OCc3ccccc3)C[C@@H]2CO)cc1. The van der Waals surface area contributed by atoms with Crippen LogP contribution in [0.3, 0.4) is 0 Å². The van der Waals surface area contributed by atoms with E-state index < -0.39 is 0 Å². The number of nitrogens with zero attached hydrogens (tertiary/aromatic N) is 2. The molecule has 1 amide bonds. The molecule has 6 nitrogen and oxygen atoms in total. The van der Waals surface area contributed by atoms with Crippen molar-refractivity contribution in [1.29, 1.82) is 0 Å². The van der Waals surface area contributed by atoms with Crippen LogP contribution in [0.15, 0.2) is 54.6 Å². The molecule has 0 aliphatic carbocycles. The van der Waals surface area contributed by atoms with Gasteiger partial charge in [-0.05, 0) is 23.3 Å². The lowest BCUT2D eigenvalue weighted by molar-refractivity contribution is 0.0240. The molecular formula is C21H26N2O4. The third kappa shape index (κ3) is 5.21. The van der Waals surface area contributed by atoms with Crippen LogP contribution < -0.4 is 4.74 Å². The van der Waals surface area contributed by atoms with E-state index in [9.17, 15) is 9.90 Å². The first-order chi connectivity index (χ1) is 13.2. The number of ether oxygens (including phenoxy) is 2. The number of methoxy groups -OCH3 is 1. The number of benzene rings is 2. The second-order valence-corrected chi connectivity index (χ2v) is 6.64. The minimum Gasteiger partial charge on any atom is -0.497 e. The van der Waals surface area contributed by atoms with Gasteiger partial charge in [-0.1, -0.05) is 42.5 Å². The van der Waals surface area contributed by atoms with Crippen LogP contribution >= 0.6 is 0 Å². The van der Waals surface area contributed by atoms with E-state index in [1.165, 1.54) is 0 Å². The Morgan fingerprint density at radius 2 is 1.81 bits per heavy atom. The average Bonchev–Trinajstić information content (AvgIpc) is 2.73. The standard InChI is InChI=1S/C21H26N2O4/c1-26-20-9-7-17(8-10-20)13-22-11-12-23(14-19(22)15-24)21(25)27-16-18-5-3-2-4-6-18/h2-10,19,24H,11-16H2,1H3/t19-/m1/s1. The highest BCUT2D eigenvalue weighted by Gasteiger charge is 2.29. The number of piperazine rings is 1. The number of aliphatic hydroxyl groups excluding tert-OH is 1. The zero-order chi connectivity index (χ0) is 19.1. The minimum atomic E-state index is -0.332. The number of hydrogen-bond donors (Lipinski definition) is 1. The van der Waals surface area contributed by atoms with E-state index in [4.69, 9.17) is 9.47 Å². The van der Waals surface area contributed by atoms with Crippen LogP contribution in [0.5, 0.6) is 5.75 Å². The molecule has 144 valence electrons. The molecule has 2 aromatic rings. The average molecular weight is 370 g/mol. The van der Waals surface area contributed by atoms with Gasteiger partial charge >= 0.3 is 6.09 Å². The second-order valence-electron chi connectivity index (χ2n) is 6.64. The maximum atomic E-state index is 12.4. The van der Waals surface area contributed by atoms with Crippen molar-refractivity contribution >= 4 is 6.09 Å². The molecule has 1 aliphatic rings. The summed E-state index contributed by atoms with van der Waals surface area (Å²) in [7, 11) is 1.65. The maximum absolute atomic E-state index is 12.4. The molecular weight excluding hydrogens is 344 g/mol. The molecule has 6 heteroatoms. The fourth-order valence-electron chi connectivity index (χ4n) is 3.22. The molecule has 0 aromatic heterocycles. The van der Waals surface area contributed by atoms with Gasteiger partial charge in [0.1, 0.15) is 12.4 Å². The van der Waals surface area contributed by atoms with Gasteiger partial charge in [-0.3, -0.25) is 4.90 Å². The third-order valence-electron chi connectivity index (χ3n) is 4.82. The number of rotatable bonds is 6. The first-order valence-corrected chi connectivity index (χ1v) is 9.13. The lowest BCUT2D eigenvalue weighted by Crippen LogP contribution is -2.55. The van der Waals surface area contributed by atoms with Crippen molar-refractivity contribution in [3.8, 4) is 5.75 Å². The lowest BCUT2D eigenvalue weighted by Gasteiger charge is -2.40. The molecule has 1 atom stereocenters. The molecule has 0 saturated carbocycles. The van der Waals surface area contributed by atoms with Crippen LogP contribution in [0.2, 0.25) is 0 Å². The van der Waals surface area contributed by atoms with Gasteiger partial charge in [-0.25, -0.2) is 4.79 Å². The summed E-state index contributed by atoms with van der Waals surface area (Å²) >= 11 is 0. The molecule has 27 heavy (non-hydrogen) atoms. The van der Waals surface area contributed by atoms with Gasteiger partial charge in [0.15, 0.2) is 0 Å². The Bertz CT molecular complexity index is 721. The Morgan fingerprint density at radius 3 is 2.48 bits per heavy atom. The molecule has 1 fully saturated rings. The van der Waals surface area contributed by atoms with Gasteiger partial charge in [0.25, 0.3) is 0 Å². The fraction of sp³-hybridized carbons (Fsp3) is 0.381. The summed E-state index contributed by atoms with van der Waals surface area (Å²) in [6.07, 6.45) is -0.332.